The molecule has 2 N–H and O–H groups in total. The Morgan fingerprint density at radius 3 is 2.33 bits per heavy atom. The van der Waals surface area contributed by atoms with E-state index in [4.69, 9.17) is 6.42 Å². The molecule has 0 aliphatic rings. The maximum atomic E-state index is 13.9. The number of terminal acetylenes is 1. The average Bonchev–Trinajstić information content (AvgIpc) is 2.93. The standard InChI is InChI=1S/C34H39F3N4O4/c1-8-27-25(32-21(4)10-9-11-22(32)5)15-24(18-38-27)28(17-31(43)44)39-33(45)29(14-20(2)3)41-19-23(12-13-40(6)7)26(16-30(41)42)34(35,36)37/h1,9-11,15-16,18-20,28-29H,12-14,17H2,2-7H3,(H,39,45)(H,43,44)/t28-,29+/m1/s1. The van der Waals surface area contributed by atoms with Gasteiger partial charge in [-0.3, -0.25) is 14.4 Å². The number of amides is 1. The molecule has 11 heteroatoms. The molecular formula is C34H39F3N4O4. The van der Waals surface area contributed by atoms with Crippen LogP contribution in [0.4, 0.5) is 13.2 Å². The number of hydrogen-bond acceptors (Lipinski definition) is 5. The van der Waals surface area contributed by atoms with Gasteiger partial charge in [0.25, 0.3) is 5.56 Å². The lowest BCUT2D eigenvalue weighted by Gasteiger charge is -2.26. The van der Waals surface area contributed by atoms with Crippen LogP contribution in [0.2, 0.25) is 0 Å². The fraction of sp³-hybridized carbons (Fsp3) is 0.412. The Bertz CT molecular complexity index is 1630. The van der Waals surface area contributed by atoms with Gasteiger partial charge in [0, 0.05) is 30.6 Å². The Kier molecular flexibility index (Phi) is 11.3. The van der Waals surface area contributed by atoms with E-state index in [2.05, 4.69) is 16.2 Å². The topological polar surface area (TPSA) is 105 Å². The highest BCUT2D eigenvalue weighted by Gasteiger charge is 2.36. The summed E-state index contributed by atoms with van der Waals surface area (Å²) in [6.07, 6.45) is 3.10. The van der Waals surface area contributed by atoms with Crippen LogP contribution in [0, 0.1) is 32.1 Å². The van der Waals surface area contributed by atoms with Crippen LogP contribution in [0.15, 0.2) is 47.5 Å². The zero-order valence-corrected chi connectivity index (χ0v) is 26.3. The minimum atomic E-state index is -4.76. The molecule has 1 amide bonds. The Labute approximate surface area is 261 Å². The van der Waals surface area contributed by atoms with Gasteiger partial charge in [-0.15, -0.1) is 6.42 Å². The summed E-state index contributed by atoms with van der Waals surface area (Å²) in [5, 5.41) is 12.5. The number of alkyl halides is 3. The van der Waals surface area contributed by atoms with Crippen molar-refractivity contribution in [2.24, 2.45) is 5.92 Å². The molecule has 8 nitrogen and oxygen atoms in total. The number of rotatable bonds is 12. The van der Waals surface area contributed by atoms with Crippen LogP contribution in [0.3, 0.4) is 0 Å². The van der Waals surface area contributed by atoms with Crippen LogP contribution in [-0.2, 0) is 22.2 Å². The quantitative estimate of drug-likeness (QED) is 0.256. The van der Waals surface area contributed by atoms with E-state index in [0.29, 0.717) is 22.9 Å². The summed E-state index contributed by atoms with van der Waals surface area (Å²) in [6, 6.07) is 5.67. The smallest absolute Gasteiger partial charge is 0.416 e. The molecule has 45 heavy (non-hydrogen) atoms. The van der Waals surface area contributed by atoms with Crippen LogP contribution in [0.25, 0.3) is 11.1 Å². The molecule has 0 bridgehead atoms. The molecule has 0 saturated carbocycles. The van der Waals surface area contributed by atoms with Gasteiger partial charge in [-0.25, -0.2) is 4.98 Å². The van der Waals surface area contributed by atoms with Gasteiger partial charge in [0.15, 0.2) is 0 Å². The summed E-state index contributed by atoms with van der Waals surface area (Å²) in [4.78, 5) is 45.1. The second-order valence-electron chi connectivity index (χ2n) is 11.9. The number of halogens is 3. The molecule has 3 aromatic rings. The lowest BCUT2D eigenvalue weighted by molar-refractivity contribution is -0.139. The average molecular weight is 625 g/mol. The van der Waals surface area contributed by atoms with E-state index in [1.807, 2.05) is 45.9 Å². The second-order valence-corrected chi connectivity index (χ2v) is 11.9. The molecule has 0 aliphatic carbocycles. The summed E-state index contributed by atoms with van der Waals surface area (Å²) in [5.74, 6) is 0.527. The number of aliphatic carboxylic acids is 1. The lowest BCUT2D eigenvalue weighted by atomic mass is 9.92. The maximum absolute atomic E-state index is 13.9. The summed E-state index contributed by atoms with van der Waals surface area (Å²) < 4.78 is 42.7. The third kappa shape index (κ3) is 8.82. The van der Waals surface area contributed by atoms with Gasteiger partial charge in [-0.1, -0.05) is 32.0 Å². The number of carbonyl (C=O) groups excluding carboxylic acids is 1. The van der Waals surface area contributed by atoms with E-state index in [0.717, 1.165) is 27.5 Å². The lowest BCUT2D eigenvalue weighted by Crippen LogP contribution is -2.40. The molecule has 2 heterocycles. The Hall–Kier alpha value is -4.43. The maximum Gasteiger partial charge on any atom is 0.416 e. The first-order chi connectivity index (χ1) is 21.0. The van der Waals surface area contributed by atoms with Crippen LogP contribution < -0.4 is 10.9 Å². The van der Waals surface area contributed by atoms with Gasteiger partial charge in [-0.2, -0.15) is 13.2 Å². The number of benzene rings is 1. The van der Waals surface area contributed by atoms with Gasteiger partial charge in [0.2, 0.25) is 5.91 Å². The number of aromatic nitrogens is 2. The minimum Gasteiger partial charge on any atom is -0.481 e. The zero-order valence-electron chi connectivity index (χ0n) is 26.3. The first-order valence-electron chi connectivity index (χ1n) is 14.6. The Morgan fingerprint density at radius 2 is 1.80 bits per heavy atom. The van der Waals surface area contributed by atoms with E-state index in [1.54, 1.807) is 25.1 Å². The highest BCUT2D eigenvalue weighted by Crippen LogP contribution is 2.34. The number of hydrogen-bond donors (Lipinski definition) is 2. The van der Waals surface area contributed by atoms with Gasteiger partial charge in [0.1, 0.15) is 11.7 Å². The van der Waals surface area contributed by atoms with Crippen molar-refractivity contribution in [3.63, 3.8) is 0 Å². The molecule has 0 saturated heterocycles. The van der Waals surface area contributed by atoms with Crippen LogP contribution >= 0.6 is 0 Å². The summed E-state index contributed by atoms with van der Waals surface area (Å²) in [6.45, 7) is 7.74. The van der Waals surface area contributed by atoms with Crippen molar-refractivity contribution in [3.05, 3.63) is 86.6 Å². The zero-order chi connectivity index (χ0) is 33.6. The van der Waals surface area contributed by atoms with Gasteiger partial charge in [-0.05, 0) is 86.5 Å². The number of nitrogens with zero attached hydrogens (tertiary/aromatic N) is 3. The van der Waals surface area contributed by atoms with Crippen molar-refractivity contribution in [3.8, 4) is 23.5 Å². The van der Waals surface area contributed by atoms with Gasteiger partial charge < -0.3 is 19.9 Å². The van der Waals surface area contributed by atoms with E-state index < -0.39 is 47.7 Å². The molecule has 0 radical (unpaired) electrons. The Morgan fingerprint density at radius 1 is 1.16 bits per heavy atom. The number of carboxylic acids is 1. The number of nitrogens with one attached hydrogen (secondary N) is 1. The highest BCUT2D eigenvalue weighted by molar-refractivity contribution is 5.82. The number of aryl methyl sites for hydroxylation is 2. The van der Waals surface area contributed by atoms with Crippen molar-refractivity contribution < 1.29 is 27.9 Å². The van der Waals surface area contributed by atoms with E-state index in [9.17, 15) is 32.7 Å². The van der Waals surface area contributed by atoms with Gasteiger partial charge in [0.05, 0.1) is 18.0 Å². The summed E-state index contributed by atoms with van der Waals surface area (Å²) in [7, 11) is 3.44. The minimum absolute atomic E-state index is 0.00588. The predicted molar refractivity (Wildman–Crippen MR) is 167 cm³/mol. The van der Waals surface area contributed by atoms with Crippen molar-refractivity contribution in [1.29, 1.82) is 0 Å². The third-order valence-corrected chi connectivity index (χ3v) is 7.52. The molecule has 0 aliphatic heterocycles. The van der Waals surface area contributed by atoms with Crippen LogP contribution in [0.5, 0.6) is 0 Å². The highest BCUT2D eigenvalue weighted by atomic mass is 19.4. The molecule has 2 atom stereocenters. The Balaban J connectivity index is 2.12. The van der Waals surface area contributed by atoms with Crippen LogP contribution in [-0.4, -0.2) is 52.1 Å². The summed E-state index contributed by atoms with van der Waals surface area (Å²) >= 11 is 0. The fourth-order valence-electron chi connectivity index (χ4n) is 5.35. The largest absolute Gasteiger partial charge is 0.481 e. The molecule has 240 valence electrons. The van der Waals surface area contributed by atoms with Crippen molar-refractivity contribution in [2.45, 2.75) is 65.2 Å². The SMILES string of the molecule is C#Cc1ncc([C@@H](CC(=O)O)NC(=O)[C@H](CC(C)C)n2cc(CCN(C)C)c(C(F)(F)F)cc2=O)cc1-c1c(C)cccc1C. The third-order valence-electron chi connectivity index (χ3n) is 7.52. The van der Waals surface area contributed by atoms with Crippen molar-refractivity contribution in [1.82, 2.24) is 19.8 Å². The number of carbonyl (C=O) groups is 2. The molecule has 0 fully saturated rings. The molecule has 1 aromatic carbocycles. The molecular weight excluding hydrogens is 585 g/mol. The monoisotopic (exact) mass is 624 g/mol. The first-order valence-corrected chi connectivity index (χ1v) is 14.6. The number of pyridine rings is 2. The number of likely N-dealkylation sites (N-methyl/N-ethyl adjacent to an activating group) is 1. The van der Waals surface area contributed by atoms with E-state index >= 15 is 0 Å². The first kappa shape index (κ1) is 35.1. The normalized spacial score (nSPS) is 13.0. The molecule has 0 spiro atoms. The molecule has 3 rings (SSSR count). The molecule has 0 unspecified atom stereocenters. The number of carboxylic acid groups (broad SMARTS) is 1. The van der Waals surface area contributed by atoms with E-state index in [-0.39, 0.29) is 30.9 Å². The van der Waals surface area contributed by atoms with E-state index in [1.165, 1.54) is 6.20 Å². The van der Waals surface area contributed by atoms with Crippen molar-refractivity contribution >= 4 is 11.9 Å². The fourth-order valence-corrected chi connectivity index (χ4v) is 5.35. The molecule has 2 aromatic heterocycles. The second kappa shape index (κ2) is 14.6. The van der Waals surface area contributed by atoms with Gasteiger partial charge >= 0.3 is 12.1 Å². The predicted octanol–water partition coefficient (Wildman–Crippen LogP) is 5.55. The van der Waals surface area contributed by atoms with Crippen LogP contribution in [0.1, 0.15) is 72.3 Å². The summed E-state index contributed by atoms with van der Waals surface area (Å²) in [5.41, 5.74) is 1.85. The van der Waals surface area contributed by atoms with Crippen molar-refractivity contribution in [2.75, 3.05) is 20.6 Å².